The zero-order chi connectivity index (χ0) is 29.7. The molecule has 1 unspecified atom stereocenters. The Morgan fingerprint density at radius 2 is 1.76 bits per heavy atom. The lowest BCUT2D eigenvalue weighted by molar-refractivity contribution is -0.159. The number of ether oxygens (including phenoxy) is 1. The van der Waals surface area contributed by atoms with E-state index in [-0.39, 0.29) is 63.0 Å². The number of hydrogen-bond acceptors (Lipinski definition) is 7. The average Bonchev–Trinajstić information content (AvgIpc) is 3.23. The average molecular weight is 563 g/mol. The number of piperidine rings is 1. The van der Waals surface area contributed by atoms with Gasteiger partial charge in [-0.05, 0) is 44.9 Å². The monoisotopic (exact) mass is 562 g/mol. The summed E-state index contributed by atoms with van der Waals surface area (Å²) >= 11 is 0. The fourth-order valence-electron chi connectivity index (χ4n) is 4.86. The Morgan fingerprint density at radius 3 is 2.44 bits per heavy atom. The highest BCUT2D eigenvalue weighted by Gasteiger charge is 2.40. The highest BCUT2D eigenvalue weighted by Crippen LogP contribution is 2.32. The molecule has 41 heavy (non-hydrogen) atoms. The standard InChI is InChI=1S/C30H34N4O7/c1-30(2,3)41-27(38)18-33(16-19-8-5-4-6-9-19)26(37)15-14-24(35)31-22-11-7-10-20-21(22)17-34(29(20)40)23-12-13-25(36)32-28(23)39/h4-11,23H,12-18H2,1-3H3,(H,31,35)(H,32,36,39). The van der Waals surface area contributed by atoms with E-state index in [2.05, 4.69) is 10.6 Å². The van der Waals surface area contributed by atoms with Crippen LogP contribution in [0.4, 0.5) is 5.69 Å². The van der Waals surface area contributed by atoms with E-state index in [1.54, 1.807) is 39.0 Å². The number of benzene rings is 2. The van der Waals surface area contributed by atoms with Crippen LogP contribution in [0.15, 0.2) is 48.5 Å². The highest BCUT2D eigenvalue weighted by atomic mass is 16.6. The molecule has 2 N–H and O–H groups in total. The maximum Gasteiger partial charge on any atom is 0.326 e. The molecule has 0 aliphatic carbocycles. The topological polar surface area (TPSA) is 142 Å². The summed E-state index contributed by atoms with van der Waals surface area (Å²) in [6.07, 6.45) is 0.0884. The van der Waals surface area contributed by atoms with Gasteiger partial charge in [-0.2, -0.15) is 0 Å². The minimum atomic E-state index is -0.769. The van der Waals surface area contributed by atoms with Crippen molar-refractivity contribution in [1.29, 1.82) is 0 Å². The minimum Gasteiger partial charge on any atom is -0.459 e. The van der Waals surface area contributed by atoms with Crippen LogP contribution in [0.25, 0.3) is 0 Å². The second kappa shape index (κ2) is 12.3. The third-order valence-electron chi connectivity index (χ3n) is 6.73. The first-order valence-corrected chi connectivity index (χ1v) is 13.5. The summed E-state index contributed by atoms with van der Waals surface area (Å²) in [5, 5.41) is 5.05. The summed E-state index contributed by atoms with van der Waals surface area (Å²) in [6, 6.07) is 13.4. The Balaban J connectivity index is 1.39. The van der Waals surface area contributed by atoms with Gasteiger partial charge < -0.3 is 19.9 Å². The molecule has 0 aromatic heterocycles. The summed E-state index contributed by atoms with van der Waals surface area (Å²) in [4.78, 5) is 78.2. The molecule has 4 rings (SSSR count). The fourth-order valence-corrected chi connectivity index (χ4v) is 4.86. The van der Waals surface area contributed by atoms with Crippen LogP contribution in [0, 0.1) is 0 Å². The second-order valence-corrected chi connectivity index (χ2v) is 11.1. The van der Waals surface area contributed by atoms with Gasteiger partial charge in [0.2, 0.25) is 23.6 Å². The highest BCUT2D eigenvalue weighted by molar-refractivity contribution is 6.07. The molecule has 11 heteroatoms. The van der Waals surface area contributed by atoms with E-state index in [0.717, 1.165) is 5.56 Å². The largest absolute Gasteiger partial charge is 0.459 e. The number of carbonyl (C=O) groups excluding carboxylic acids is 6. The number of amides is 5. The number of anilines is 1. The SMILES string of the molecule is CC(C)(C)OC(=O)CN(Cc1ccccc1)C(=O)CCC(=O)Nc1cccc2c1CN(C1CCC(=O)NC1=O)C2=O. The number of hydrogen-bond donors (Lipinski definition) is 2. The Labute approximate surface area is 238 Å². The third kappa shape index (κ3) is 7.56. The summed E-state index contributed by atoms with van der Waals surface area (Å²) in [5.74, 6) is -2.59. The molecule has 1 saturated heterocycles. The normalized spacial score (nSPS) is 16.6. The van der Waals surface area contributed by atoms with Gasteiger partial charge >= 0.3 is 5.97 Å². The smallest absolute Gasteiger partial charge is 0.326 e. The van der Waals surface area contributed by atoms with Crippen molar-refractivity contribution >= 4 is 41.2 Å². The van der Waals surface area contributed by atoms with Crippen molar-refractivity contribution in [2.75, 3.05) is 11.9 Å². The fraction of sp³-hybridized carbons (Fsp3) is 0.400. The van der Waals surface area contributed by atoms with Crippen LogP contribution < -0.4 is 10.6 Å². The van der Waals surface area contributed by atoms with Crippen LogP contribution in [0.5, 0.6) is 0 Å². The first-order valence-electron chi connectivity index (χ1n) is 13.5. The molecule has 1 atom stereocenters. The van der Waals surface area contributed by atoms with Gasteiger partial charge in [0.05, 0.1) is 0 Å². The third-order valence-corrected chi connectivity index (χ3v) is 6.73. The van der Waals surface area contributed by atoms with Gasteiger partial charge in [0, 0.05) is 49.2 Å². The molecule has 11 nitrogen and oxygen atoms in total. The molecule has 2 heterocycles. The molecule has 1 fully saturated rings. The predicted molar refractivity (Wildman–Crippen MR) is 148 cm³/mol. The summed E-state index contributed by atoms with van der Waals surface area (Å²) in [5.41, 5.74) is 1.48. The van der Waals surface area contributed by atoms with Crippen molar-refractivity contribution in [2.24, 2.45) is 0 Å². The van der Waals surface area contributed by atoms with Crippen molar-refractivity contribution in [1.82, 2.24) is 15.1 Å². The molecular weight excluding hydrogens is 528 g/mol. The van der Waals surface area contributed by atoms with Gasteiger partial charge in [-0.25, -0.2) is 0 Å². The van der Waals surface area contributed by atoms with Crippen molar-refractivity contribution in [3.8, 4) is 0 Å². The van der Waals surface area contributed by atoms with Crippen LogP contribution in [-0.4, -0.2) is 63.5 Å². The van der Waals surface area contributed by atoms with Crippen LogP contribution >= 0.6 is 0 Å². The van der Waals surface area contributed by atoms with Crippen LogP contribution in [0.2, 0.25) is 0 Å². The molecule has 2 aliphatic heterocycles. The lowest BCUT2D eigenvalue weighted by Crippen LogP contribution is -2.52. The predicted octanol–water partition coefficient (Wildman–Crippen LogP) is 2.54. The minimum absolute atomic E-state index is 0.108. The Kier molecular flexibility index (Phi) is 8.85. The van der Waals surface area contributed by atoms with E-state index in [1.165, 1.54) is 9.80 Å². The van der Waals surface area contributed by atoms with E-state index >= 15 is 0 Å². The van der Waals surface area contributed by atoms with E-state index in [4.69, 9.17) is 4.74 Å². The Morgan fingerprint density at radius 1 is 1.02 bits per heavy atom. The number of nitrogens with one attached hydrogen (secondary N) is 2. The van der Waals surface area contributed by atoms with Gasteiger partial charge in [0.25, 0.3) is 5.91 Å². The van der Waals surface area contributed by atoms with E-state index < -0.39 is 29.4 Å². The number of esters is 1. The lowest BCUT2D eigenvalue weighted by Gasteiger charge is -2.29. The molecule has 0 bridgehead atoms. The maximum atomic E-state index is 13.1. The Bertz CT molecular complexity index is 1370. The van der Waals surface area contributed by atoms with Gasteiger partial charge in [0.15, 0.2) is 0 Å². The molecule has 0 radical (unpaired) electrons. The van der Waals surface area contributed by atoms with Crippen LogP contribution in [0.1, 0.15) is 67.9 Å². The van der Waals surface area contributed by atoms with Crippen LogP contribution in [-0.2, 0) is 41.8 Å². The van der Waals surface area contributed by atoms with E-state index in [9.17, 15) is 28.8 Å². The van der Waals surface area contributed by atoms with Crippen LogP contribution in [0.3, 0.4) is 0 Å². The van der Waals surface area contributed by atoms with Gasteiger partial charge in [-0.1, -0.05) is 36.4 Å². The van der Waals surface area contributed by atoms with Gasteiger partial charge in [0.1, 0.15) is 18.2 Å². The summed E-state index contributed by atoms with van der Waals surface area (Å²) < 4.78 is 5.39. The zero-order valence-electron chi connectivity index (χ0n) is 23.4. The van der Waals surface area contributed by atoms with Crippen molar-refractivity contribution < 1.29 is 33.5 Å². The lowest BCUT2D eigenvalue weighted by atomic mass is 10.0. The first kappa shape index (κ1) is 29.4. The molecule has 0 spiro atoms. The van der Waals surface area contributed by atoms with Crippen molar-refractivity contribution in [3.63, 3.8) is 0 Å². The summed E-state index contributed by atoms with van der Waals surface area (Å²) in [7, 11) is 0. The van der Waals surface area contributed by atoms with Gasteiger partial charge in [-0.15, -0.1) is 0 Å². The van der Waals surface area contributed by atoms with Gasteiger partial charge in [-0.3, -0.25) is 34.1 Å². The molecule has 5 amide bonds. The first-order chi connectivity index (χ1) is 19.4. The number of rotatable bonds is 9. The summed E-state index contributed by atoms with van der Waals surface area (Å²) in [6.45, 7) is 5.28. The number of imide groups is 1. The molecular formula is C30H34N4O7. The molecule has 216 valence electrons. The molecule has 2 aromatic rings. The number of carbonyl (C=O) groups is 6. The van der Waals surface area contributed by atoms with E-state index in [1.807, 2.05) is 30.3 Å². The van der Waals surface area contributed by atoms with Crippen molar-refractivity contribution in [2.45, 2.75) is 71.2 Å². The molecule has 2 aromatic carbocycles. The molecule has 0 saturated carbocycles. The molecule has 2 aliphatic rings. The number of nitrogens with zero attached hydrogens (tertiary/aromatic N) is 2. The quantitative estimate of drug-likeness (QED) is 0.353. The number of fused-ring (bicyclic) bond motifs is 1. The van der Waals surface area contributed by atoms with Crippen molar-refractivity contribution in [3.05, 3.63) is 65.2 Å². The second-order valence-electron chi connectivity index (χ2n) is 11.1. The Hall–Kier alpha value is -4.54. The zero-order valence-corrected chi connectivity index (χ0v) is 23.4. The van der Waals surface area contributed by atoms with E-state index in [0.29, 0.717) is 16.8 Å². The maximum absolute atomic E-state index is 13.1.